The number of benzene rings is 3. The molecule has 3 aromatic rings. The van der Waals surface area contributed by atoms with Gasteiger partial charge in [-0.05, 0) is 72.2 Å². The standard InChI is InChI=1S/C29H32N2O2S/c1-4-31(23-9-6-5-7-10-23)34(32,33)24-17-18-28-27(19-24)25-11-8-12-26(25)29(30-28)22-15-13-21(14-16-22)20(2)3/h5-11,13-20,25-26,29-30H,4,12H2,1-3H3. The van der Waals surface area contributed by atoms with Crippen LogP contribution in [0.3, 0.4) is 0 Å². The molecule has 2 aliphatic rings. The third-order valence-corrected chi connectivity index (χ3v) is 9.11. The quantitative estimate of drug-likeness (QED) is 0.399. The maximum absolute atomic E-state index is 13.6. The molecule has 0 radical (unpaired) electrons. The summed E-state index contributed by atoms with van der Waals surface area (Å²) in [6, 6.07) is 24.0. The lowest BCUT2D eigenvalue weighted by Crippen LogP contribution is -2.32. The number of allylic oxidation sites excluding steroid dienone is 2. The lowest BCUT2D eigenvalue weighted by atomic mass is 9.77. The van der Waals surface area contributed by atoms with Crippen molar-refractivity contribution in [2.75, 3.05) is 16.2 Å². The highest BCUT2D eigenvalue weighted by molar-refractivity contribution is 7.92. The van der Waals surface area contributed by atoms with Gasteiger partial charge < -0.3 is 5.32 Å². The number of hydrogen-bond donors (Lipinski definition) is 1. The molecular formula is C29H32N2O2S. The van der Waals surface area contributed by atoms with Gasteiger partial charge in [-0.3, -0.25) is 4.31 Å². The van der Waals surface area contributed by atoms with E-state index in [1.54, 1.807) is 6.07 Å². The highest BCUT2D eigenvalue weighted by Crippen LogP contribution is 2.50. The summed E-state index contributed by atoms with van der Waals surface area (Å²) < 4.78 is 28.7. The van der Waals surface area contributed by atoms with Gasteiger partial charge in [-0.25, -0.2) is 8.42 Å². The van der Waals surface area contributed by atoms with Crippen LogP contribution in [0.2, 0.25) is 0 Å². The Balaban J connectivity index is 1.50. The van der Waals surface area contributed by atoms with Crippen molar-refractivity contribution in [2.45, 2.75) is 50.0 Å². The normalized spacial score (nSPS) is 21.1. The maximum Gasteiger partial charge on any atom is 0.264 e. The Morgan fingerprint density at radius 1 is 1.00 bits per heavy atom. The minimum absolute atomic E-state index is 0.202. The molecule has 0 aromatic heterocycles. The Morgan fingerprint density at radius 3 is 2.41 bits per heavy atom. The van der Waals surface area contributed by atoms with Crippen LogP contribution >= 0.6 is 0 Å². The van der Waals surface area contributed by atoms with Gasteiger partial charge in [-0.15, -0.1) is 0 Å². The topological polar surface area (TPSA) is 49.4 Å². The fraction of sp³-hybridized carbons (Fsp3) is 0.310. The molecule has 0 amide bonds. The zero-order valence-corrected chi connectivity index (χ0v) is 20.8. The Kier molecular flexibility index (Phi) is 5.98. The van der Waals surface area contributed by atoms with Gasteiger partial charge in [0.25, 0.3) is 10.0 Å². The van der Waals surface area contributed by atoms with Gasteiger partial charge in [-0.1, -0.05) is 68.5 Å². The van der Waals surface area contributed by atoms with Crippen LogP contribution in [0.4, 0.5) is 11.4 Å². The van der Waals surface area contributed by atoms with Gasteiger partial charge in [0.2, 0.25) is 0 Å². The fourth-order valence-electron chi connectivity index (χ4n) is 5.36. The van der Waals surface area contributed by atoms with Crippen LogP contribution in [0.25, 0.3) is 0 Å². The van der Waals surface area contributed by atoms with Crippen molar-refractivity contribution in [1.82, 2.24) is 0 Å². The molecule has 0 spiro atoms. The smallest absolute Gasteiger partial charge is 0.264 e. The zero-order valence-electron chi connectivity index (χ0n) is 20.0. The van der Waals surface area contributed by atoms with Gasteiger partial charge in [0, 0.05) is 18.2 Å². The lowest BCUT2D eigenvalue weighted by molar-refractivity contribution is 0.425. The zero-order chi connectivity index (χ0) is 23.9. The molecule has 1 N–H and O–H groups in total. The van der Waals surface area contributed by atoms with E-state index in [0.29, 0.717) is 29.0 Å². The molecule has 3 atom stereocenters. The minimum atomic E-state index is -3.66. The lowest BCUT2D eigenvalue weighted by Gasteiger charge is -2.38. The van der Waals surface area contributed by atoms with Crippen molar-refractivity contribution in [2.24, 2.45) is 5.92 Å². The van der Waals surface area contributed by atoms with Gasteiger partial charge in [0.15, 0.2) is 0 Å². The first-order chi connectivity index (χ1) is 16.4. The van der Waals surface area contributed by atoms with E-state index in [4.69, 9.17) is 0 Å². The summed E-state index contributed by atoms with van der Waals surface area (Å²) in [5.41, 5.74) is 5.40. The largest absolute Gasteiger partial charge is 0.378 e. The molecular weight excluding hydrogens is 440 g/mol. The molecule has 0 saturated carbocycles. The molecule has 176 valence electrons. The Labute approximate surface area is 203 Å². The second-order valence-electron chi connectivity index (χ2n) is 9.55. The second-order valence-corrected chi connectivity index (χ2v) is 11.4. The fourth-order valence-corrected chi connectivity index (χ4v) is 6.87. The Morgan fingerprint density at radius 2 is 1.74 bits per heavy atom. The summed E-state index contributed by atoms with van der Waals surface area (Å²) >= 11 is 0. The Bertz CT molecular complexity index is 1300. The van der Waals surface area contributed by atoms with Crippen molar-refractivity contribution >= 4 is 21.4 Å². The average molecular weight is 473 g/mol. The third-order valence-electron chi connectivity index (χ3n) is 7.22. The first-order valence-electron chi connectivity index (χ1n) is 12.1. The van der Waals surface area contributed by atoms with E-state index in [1.807, 2.05) is 49.4 Å². The number of sulfonamides is 1. The molecule has 1 heterocycles. The molecule has 0 fully saturated rings. The monoisotopic (exact) mass is 472 g/mol. The van der Waals surface area contributed by atoms with Crippen LogP contribution in [0.5, 0.6) is 0 Å². The van der Waals surface area contributed by atoms with Crippen LogP contribution in [0, 0.1) is 5.92 Å². The van der Waals surface area contributed by atoms with Crippen molar-refractivity contribution in [1.29, 1.82) is 0 Å². The van der Waals surface area contributed by atoms with Gasteiger partial charge in [0.1, 0.15) is 0 Å². The van der Waals surface area contributed by atoms with E-state index in [0.717, 1.165) is 17.7 Å². The first kappa shape index (κ1) is 22.7. The van der Waals surface area contributed by atoms with E-state index in [9.17, 15) is 8.42 Å². The van der Waals surface area contributed by atoms with Crippen LogP contribution in [-0.2, 0) is 10.0 Å². The molecule has 3 aromatic carbocycles. The SMILES string of the molecule is CCN(c1ccccc1)S(=O)(=O)c1ccc2c(c1)C1C=CCC1C(c1ccc(C(C)C)cc1)N2. The third kappa shape index (κ3) is 3.92. The van der Waals surface area contributed by atoms with Crippen molar-refractivity contribution in [3.05, 3.63) is 102 Å². The van der Waals surface area contributed by atoms with E-state index < -0.39 is 10.0 Å². The Hall–Kier alpha value is -3.05. The molecule has 34 heavy (non-hydrogen) atoms. The summed E-state index contributed by atoms with van der Waals surface area (Å²) in [6.07, 6.45) is 5.48. The van der Waals surface area contributed by atoms with Gasteiger partial charge >= 0.3 is 0 Å². The highest BCUT2D eigenvalue weighted by atomic mass is 32.2. The second kappa shape index (κ2) is 8.95. The summed E-state index contributed by atoms with van der Waals surface area (Å²) in [7, 11) is -3.66. The van der Waals surface area contributed by atoms with Crippen molar-refractivity contribution in [3.63, 3.8) is 0 Å². The van der Waals surface area contributed by atoms with E-state index in [1.165, 1.54) is 15.4 Å². The number of nitrogens with one attached hydrogen (secondary N) is 1. The number of para-hydroxylation sites is 1. The number of fused-ring (bicyclic) bond motifs is 3. The molecule has 3 unspecified atom stereocenters. The first-order valence-corrected chi connectivity index (χ1v) is 13.6. The number of rotatable bonds is 6. The van der Waals surface area contributed by atoms with Crippen molar-refractivity contribution < 1.29 is 8.42 Å². The van der Waals surface area contributed by atoms with Gasteiger partial charge in [-0.2, -0.15) is 0 Å². The molecule has 1 aliphatic heterocycles. The molecule has 0 saturated heterocycles. The minimum Gasteiger partial charge on any atom is -0.378 e. The molecule has 5 rings (SSSR count). The number of hydrogen-bond acceptors (Lipinski definition) is 3. The summed E-state index contributed by atoms with van der Waals surface area (Å²) in [6.45, 7) is 6.67. The van der Waals surface area contributed by atoms with Crippen LogP contribution in [-0.4, -0.2) is 15.0 Å². The summed E-state index contributed by atoms with van der Waals surface area (Å²) in [5.74, 6) is 1.08. The molecule has 5 heteroatoms. The van der Waals surface area contributed by atoms with E-state index in [2.05, 4.69) is 55.6 Å². The van der Waals surface area contributed by atoms with Crippen molar-refractivity contribution in [3.8, 4) is 0 Å². The van der Waals surface area contributed by atoms with Crippen LogP contribution < -0.4 is 9.62 Å². The molecule has 4 nitrogen and oxygen atoms in total. The summed E-state index contributed by atoms with van der Waals surface area (Å²) in [4.78, 5) is 0.345. The van der Waals surface area contributed by atoms with E-state index in [-0.39, 0.29) is 12.0 Å². The molecule has 0 bridgehead atoms. The van der Waals surface area contributed by atoms with E-state index >= 15 is 0 Å². The van der Waals surface area contributed by atoms with Crippen LogP contribution in [0.15, 0.2) is 89.8 Å². The number of nitrogens with zero attached hydrogens (tertiary/aromatic N) is 1. The highest BCUT2D eigenvalue weighted by Gasteiger charge is 2.38. The maximum atomic E-state index is 13.6. The van der Waals surface area contributed by atoms with Crippen LogP contribution in [0.1, 0.15) is 61.8 Å². The summed E-state index contributed by atoms with van der Waals surface area (Å²) in [5, 5.41) is 3.74. The predicted octanol–water partition coefficient (Wildman–Crippen LogP) is 6.85. The van der Waals surface area contributed by atoms with Gasteiger partial charge in [0.05, 0.1) is 16.6 Å². The predicted molar refractivity (Wildman–Crippen MR) is 140 cm³/mol. The molecule has 1 aliphatic carbocycles. The number of anilines is 2. The average Bonchev–Trinajstić information content (AvgIpc) is 3.35.